The van der Waals surface area contributed by atoms with Crippen LogP contribution in [0.1, 0.15) is 26.1 Å². The van der Waals surface area contributed by atoms with Gasteiger partial charge in [0.15, 0.2) is 0 Å². The van der Waals surface area contributed by atoms with Gasteiger partial charge in [-0.05, 0) is 13.3 Å². The average molecular weight is 308 g/mol. The topological polar surface area (TPSA) is 90.3 Å². The van der Waals surface area contributed by atoms with Crippen molar-refractivity contribution in [1.82, 2.24) is 9.97 Å². The second-order valence-corrected chi connectivity index (χ2v) is 4.89. The van der Waals surface area contributed by atoms with Gasteiger partial charge in [0.25, 0.3) is 0 Å². The number of halogens is 3. The third kappa shape index (κ3) is 5.01. The highest BCUT2D eigenvalue weighted by Crippen LogP contribution is 2.29. The van der Waals surface area contributed by atoms with Crippen LogP contribution in [0.15, 0.2) is 6.07 Å². The summed E-state index contributed by atoms with van der Waals surface area (Å²) >= 11 is 0. The number of hydrogen-bond donors (Lipinski definition) is 4. The van der Waals surface area contributed by atoms with Crippen molar-refractivity contribution in [3.8, 4) is 0 Å². The van der Waals surface area contributed by atoms with Crippen molar-refractivity contribution in [3.05, 3.63) is 11.9 Å². The number of alkyl halides is 3. The van der Waals surface area contributed by atoms with E-state index in [0.29, 0.717) is 6.54 Å². The fourth-order valence-electron chi connectivity index (χ4n) is 1.42. The lowest BCUT2D eigenvalue weighted by Crippen LogP contribution is -2.43. The fourth-order valence-corrected chi connectivity index (χ4v) is 1.42. The number of aliphatic hydroxyl groups is 2. The van der Waals surface area contributed by atoms with Crippen molar-refractivity contribution in [3.63, 3.8) is 0 Å². The van der Waals surface area contributed by atoms with Crippen LogP contribution in [0.2, 0.25) is 0 Å². The van der Waals surface area contributed by atoms with Crippen LogP contribution >= 0.6 is 0 Å². The number of aliphatic hydroxyl groups excluding tert-OH is 2. The summed E-state index contributed by atoms with van der Waals surface area (Å²) in [4.78, 5) is 6.80. The molecule has 0 aromatic carbocycles. The summed E-state index contributed by atoms with van der Waals surface area (Å²) in [7, 11) is 0. The molecule has 0 saturated carbocycles. The minimum Gasteiger partial charge on any atom is -0.394 e. The number of rotatable bonds is 7. The van der Waals surface area contributed by atoms with Gasteiger partial charge in [0, 0.05) is 12.6 Å². The van der Waals surface area contributed by atoms with E-state index in [1.54, 1.807) is 0 Å². The van der Waals surface area contributed by atoms with Crippen molar-refractivity contribution in [1.29, 1.82) is 0 Å². The SMILES string of the molecule is CCCNc1cc(NC(C)(CO)CO)nc(C(F)(F)F)n1. The normalized spacial score (nSPS) is 12.3. The van der Waals surface area contributed by atoms with E-state index in [1.165, 1.54) is 13.0 Å². The largest absolute Gasteiger partial charge is 0.451 e. The van der Waals surface area contributed by atoms with Gasteiger partial charge in [-0.25, -0.2) is 9.97 Å². The van der Waals surface area contributed by atoms with Crippen LogP contribution in [0, 0.1) is 0 Å². The Morgan fingerprint density at radius 3 is 2.19 bits per heavy atom. The Labute approximate surface area is 120 Å². The molecule has 0 radical (unpaired) electrons. The predicted octanol–water partition coefficient (Wildman–Crippen LogP) is 1.47. The molecule has 0 bridgehead atoms. The van der Waals surface area contributed by atoms with Crippen molar-refractivity contribution < 1.29 is 23.4 Å². The lowest BCUT2D eigenvalue weighted by molar-refractivity contribution is -0.144. The Kier molecular flexibility index (Phi) is 5.73. The van der Waals surface area contributed by atoms with Gasteiger partial charge in [0.2, 0.25) is 5.82 Å². The maximum Gasteiger partial charge on any atom is 0.451 e. The Bertz CT molecular complexity index is 464. The number of aromatic nitrogens is 2. The van der Waals surface area contributed by atoms with E-state index >= 15 is 0 Å². The average Bonchev–Trinajstić information content (AvgIpc) is 2.43. The van der Waals surface area contributed by atoms with Gasteiger partial charge in [-0.3, -0.25) is 0 Å². The third-order valence-corrected chi connectivity index (χ3v) is 2.66. The molecule has 0 aliphatic heterocycles. The van der Waals surface area contributed by atoms with E-state index < -0.39 is 30.8 Å². The van der Waals surface area contributed by atoms with Crippen LogP contribution in [0.5, 0.6) is 0 Å². The Balaban J connectivity index is 3.12. The monoisotopic (exact) mass is 308 g/mol. The summed E-state index contributed by atoms with van der Waals surface area (Å²) in [6, 6.07) is 1.30. The molecule has 0 aliphatic rings. The second kappa shape index (κ2) is 6.90. The maximum absolute atomic E-state index is 12.8. The minimum atomic E-state index is -4.69. The molecule has 0 aliphatic carbocycles. The first kappa shape index (κ1) is 17.4. The number of hydrogen-bond acceptors (Lipinski definition) is 6. The van der Waals surface area contributed by atoms with Gasteiger partial charge in [-0.15, -0.1) is 0 Å². The van der Waals surface area contributed by atoms with Gasteiger partial charge >= 0.3 is 6.18 Å². The van der Waals surface area contributed by atoms with Crippen molar-refractivity contribution in [2.45, 2.75) is 32.0 Å². The highest BCUT2D eigenvalue weighted by atomic mass is 19.4. The minimum absolute atomic E-state index is 0.0277. The van der Waals surface area contributed by atoms with Crippen molar-refractivity contribution in [2.24, 2.45) is 0 Å². The van der Waals surface area contributed by atoms with Crippen molar-refractivity contribution >= 4 is 11.6 Å². The first-order valence-corrected chi connectivity index (χ1v) is 6.44. The molecule has 0 fully saturated rings. The molecule has 0 unspecified atom stereocenters. The lowest BCUT2D eigenvalue weighted by Gasteiger charge is -2.27. The highest BCUT2D eigenvalue weighted by molar-refractivity contribution is 5.49. The number of nitrogens with zero attached hydrogens (tertiary/aromatic N) is 2. The first-order valence-electron chi connectivity index (χ1n) is 6.44. The molecule has 4 N–H and O–H groups in total. The molecule has 0 spiro atoms. The zero-order valence-corrected chi connectivity index (χ0v) is 11.8. The van der Waals surface area contributed by atoms with Gasteiger partial charge in [-0.2, -0.15) is 13.2 Å². The van der Waals surface area contributed by atoms with Crippen molar-refractivity contribution in [2.75, 3.05) is 30.4 Å². The van der Waals surface area contributed by atoms with Crippen LogP contribution in [0.3, 0.4) is 0 Å². The van der Waals surface area contributed by atoms with E-state index in [9.17, 15) is 23.4 Å². The molecule has 6 nitrogen and oxygen atoms in total. The van der Waals surface area contributed by atoms with Crippen LogP contribution < -0.4 is 10.6 Å². The standard InChI is InChI=1S/C12H19F3N4O2/c1-3-4-16-8-5-9(19-11(2,6-20)7-21)18-10(17-8)12(13,14)15/h5,20-21H,3-4,6-7H2,1-2H3,(H2,16,17,18,19). The predicted molar refractivity (Wildman–Crippen MR) is 72.0 cm³/mol. The molecule has 0 atom stereocenters. The van der Waals surface area contributed by atoms with E-state index in [-0.39, 0.29) is 11.6 Å². The second-order valence-electron chi connectivity index (χ2n) is 4.89. The van der Waals surface area contributed by atoms with E-state index in [2.05, 4.69) is 20.6 Å². The molecule has 120 valence electrons. The zero-order chi connectivity index (χ0) is 16.1. The maximum atomic E-state index is 12.8. The smallest absolute Gasteiger partial charge is 0.394 e. The number of nitrogens with one attached hydrogen (secondary N) is 2. The Hall–Kier alpha value is -1.61. The third-order valence-electron chi connectivity index (χ3n) is 2.66. The summed E-state index contributed by atoms with van der Waals surface area (Å²) in [6.45, 7) is 2.86. The molecule has 1 rings (SSSR count). The Morgan fingerprint density at radius 1 is 1.14 bits per heavy atom. The molecule has 0 saturated heterocycles. The van der Waals surface area contributed by atoms with E-state index in [4.69, 9.17) is 0 Å². The van der Waals surface area contributed by atoms with Crippen LogP contribution in [-0.2, 0) is 6.18 Å². The van der Waals surface area contributed by atoms with Crippen LogP contribution in [0.4, 0.5) is 24.8 Å². The van der Waals surface area contributed by atoms with E-state index in [1.807, 2.05) is 6.92 Å². The quantitative estimate of drug-likeness (QED) is 0.610. The summed E-state index contributed by atoms with van der Waals surface area (Å²) in [5.74, 6) is -1.38. The highest BCUT2D eigenvalue weighted by Gasteiger charge is 2.36. The molecule has 1 aromatic heterocycles. The molecular weight excluding hydrogens is 289 g/mol. The molecule has 1 aromatic rings. The summed E-state index contributed by atoms with van der Waals surface area (Å²) < 4.78 is 38.4. The molecular formula is C12H19F3N4O2. The summed E-state index contributed by atoms with van der Waals surface area (Å²) in [5.41, 5.74) is -1.18. The number of anilines is 2. The summed E-state index contributed by atoms with van der Waals surface area (Å²) in [5, 5.41) is 23.7. The molecule has 21 heavy (non-hydrogen) atoms. The van der Waals surface area contributed by atoms with Crippen LogP contribution in [0.25, 0.3) is 0 Å². The van der Waals surface area contributed by atoms with Gasteiger partial charge in [0.05, 0.1) is 18.8 Å². The molecule has 1 heterocycles. The van der Waals surface area contributed by atoms with Gasteiger partial charge in [-0.1, -0.05) is 6.92 Å². The molecule has 0 amide bonds. The summed E-state index contributed by atoms with van der Waals surface area (Å²) in [6.07, 6.45) is -3.96. The lowest BCUT2D eigenvalue weighted by atomic mass is 10.1. The van der Waals surface area contributed by atoms with Gasteiger partial charge < -0.3 is 20.8 Å². The fraction of sp³-hybridized carbons (Fsp3) is 0.667. The van der Waals surface area contributed by atoms with E-state index in [0.717, 1.165) is 6.42 Å². The first-order chi connectivity index (χ1) is 9.74. The van der Waals surface area contributed by atoms with Gasteiger partial charge in [0.1, 0.15) is 11.6 Å². The van der Waals surface area contributed by atoms with Crippen LogP contribution in [-0.4, -0.2) is 45.5 Å². The Morgan fingerprint density at radius 2 is 1.71 bits per heavy atom. The molecule has 9 heteroatoms. The zero-order valence-electron chi connectivity index (χ0n) is 11.8.